The number of nitrogens with zero attached hydrogens (tertiary/aromatic N) is 1. The number of carbonyl (C=O) groups is 2. The van der Waals surface area contributed by atoms with Crippen molar-refractivity contribution in [3.05, 3.63) is 0 Å². The molecule has 2 N–H and O–H groups in total. The molecule has 0 aromatic heterocycles. The fourth-order valence-electron chi connectivity index (χ4n) is 4.00. The van der Waals surface area contributed by atoms with Gasteiger partial charge in [-0.3, -0.25) is 4.79 Å². The van der Waals surface area contributed by atoms with Crippen LogP contribution in [0, 0.1) is 17.8 Å². The number of carboxylic acid groups (broad SMARTS) is 1. The Morgan fingerprint density at radius 1 is 1.15 bits per heavy atom. The Balaban J connectivity index is 1.45. The standard InChI is InChI=1S/C15H24N2O3/c18-14(19)5-6-17(13-3-4-13)15(20)16-9-12-8-10-1-2-11(12)7-10/h10-13H,1-9H2,(H,16,20)(H,18,19). The van der Waals surface area contributed by atoms with Crippen molar-refractivity contribution in [1.29, 1.82) is 0 Å². The van der Waals surface area contributed by atoms with Crippen LogP contribution in [-0.2, 0) is 4.79 Å². The first-order valence-corrected chi connectivity index (χ1v) is 7.89. The molecule has 3 saturated carbocycles. The van der Waals surface area contributed by atoms with E-state index in [4.69, 9.17) is 5.11 Å². The quantitative estimate of drug-likeness (QED) is 0.782. The zero-order chi connectivity index (χ0) is 14.1. The molecule has 5 heteroatoms. The summed E-state index contributed by atoms with van der Waals surface area (Å²) in [4.78, 5) is 24.6. The van der Waals surface area contributed by atoms with Gasteiger partial charge in [-0.1, -0.05) is 6.42 Å². The van der Waals surface area contributed by atoms with Crippen molar-refractivity contribution >= 4 is 12.0 Å². The lowest BCUT2D eigenvalue weighted by Crippen LogP contribution is -2.44. The smallest absolute Gasteiger partial charge is 0.317 e. The second-order valence-corrected chi connectivity index (χ2v) is 6.69. The minimum atomic E-state index is -0.837. The Kier molecular flexibility index (Phi) is 3.85. The third-order valence-electron chi connectivity index (χ3n) is 5.22. The summed E-state index contributed by atoms with van der Waals surface area (Å²) < 4.78 is 0. The van der Waals surface area contributed by atoms with E-state index in [1.807, 2.05) is 0 Å². The summed E-state index contributed by atoms with van der Waals surface area (Å²) in [5.74, 6) is 1.52. The number of carboxylic acids is 1. The van der Waals surface area contributed by atoms with Crippen LogP contribution in [0.5, 0.6) is 0 Å². The second-order valence-electron chi connectivity index (χ2n) is 6.69. The number of amides is 2. The van der Waals surface area contributed by atoms with Crippen LogP contribution in [0.4, 0.5) is 4.79 Å². The largest absolute Gasteiger partial charge is 0.481 e. The number of urea groups is 1. The highest BCUT2D eigenvalue weighted by molar-refractivity contribution is 5.76. The molecule has 0 aromatic rings. The molecule has 2 bridgehead atoms. The van der Waals surface area contributed by atoms with Gasteiger partial charge in [-0.25, -0.2) is 4.79 Å². The van der Waals surface area contributed by atoms with Gasteiger partial charge in [0.15, 0.2) is 0 Å². The number of rotatable bonds is 6. The zero-order valence-corrected chi connectivity index (χ0v) is 11.9. The van der Waals surface area contributed by atoms with E-state index < -0.39 is 5.97 Å². The number of fused-ring (bicyclic) bond motifs is 2. The Morgan fingerprint density at radius 3 is 2.50 bits per heavy atom. The number of carbonyl (C=O) groups excluding carboxylic acids is 1. The summed E-state index contributed by atoms with van der Waals surface area (Å²) in [6, 6.07) is 0.214. The van der Waals surface area contributed by atoms with Crippen LogP contribution in [0.3, 0.4) is 0 Å². The molecule has 0 radical (unpaired) electrons. The maximum atomic E-state index is 12.2. The van der Waals surface area contributed by atoms with Crippen LogP contribution in [0.15, 0.2) is 0 Å². The third kappa shape index (κ3) is 3.07. The highest BCUT2D eigenvalue weighted by atomic mass is 16.4. The summed E-state index contributed by atoms with van der Waals surface area (Å²) >= 11 is 0. The molecule has 0 spiro atoms. The fraction of sp³-hybridized carbons (Fsp3) is 0.867. The SMILES string of the molecule is O=C(O)CCN(C(=O)NCC1CC2CCC1C2)C1CC1. The molecular formula is C15H24N2O3. The van der Waals surface area contributed by atoms with Crippen LogP contribution in [0.1, 0.15) is 44.9 Å². The third-order valence-corrected chi connectivity index (χ3v) is 5.22. The summed E-state index contributed by atoms with van der Waals surface area (Å²) in [7, 11) is 0. The van der Waals surface area contributed by atoms with Crippen molar-refractivity contribution in [2.45, 2.75) is 51.0 Å². The lowest BCUT2D eigenvalue weighted by atomic mass is 9.89. The Bertz CT molecular complexity index is 395. The van der Waals surface area contributed by atoms with Gasteiger partial charge in [0.05, 0.1) is 6.42 Å². The molecule has 5 nitrogen and oxygen atoms in total. The number of hydrogen-bond donors (Lipinski definition) is 2. The van der Waals surface area contributed by atoms with Crippen LogP contribution in [-0.4, -0.2) is 41.1 Å². The average Bonchev–Trinajstić information content (AvgIpc) is 3.03. The summed E-state index contributed by atoms with van der Waals surface area (Å²) in [6.45, 7) is 1.11. The monoisotopic (exact) mass is 280 g/mol. The fourth-order valence-corrected chi connectivity index (χ4v) is 4.00. The van der Waals surface area contributed by atoms with E-state index >= 15 is 0 Å². The van der Waals surface area contributed by atoms with Gasteiger partial charge in [0.25, 0.3) is 0 Å². The van der Waals surface area contributed by atoms with E-state index in [1.54, 1.807) is 4.90 Å². The molecule has 0 aliphatic heterocycles. The number of hydrogen-bond acceptors (Lipinski definition) is 2. The van der Waals surface area contributed by atoms with Crippen LogP contribution in [0.2, 0.25) is 0 Å². The molecule has 3 fully saturated rings. The number of aliphatic carboxylic acids is 1. The van der Waals surface area contributed by atoms with E-state index in [2.05, 4.69) is 5.32 Å². The van der Waals surface area contributed by atoms with Crippen molar-refractivity contribution in [3.8, 4) is 0 Å². The molecule has 3 aliphatic carbocycles. The maximum Gasteiger partial charge on any atom is 0.317 e. The van der Waals surface area contributed by atoms with Gasteiger partial charge < -0.3 is 15.3 Å². The van der Waals surface area contributed by atoms with E-state index in [0.29, 0.717) is 12.5 Å². The summed E-state index contributed by atoms with van der Waals surface area (Å²) in [6.07, 6.45) is 7.40. The molecule has 3 rings (SSSR count). The Hall–Kier alpha value is -1.26. The molecule has 3 unspecified atom stereocenters. The van der Waals surface area contributed by atoms with Crippen LogP contribution >= 0.6 is 0 Å². The summed E-state index contributed by atoms with van der Waals surface area (Å²) in [5.41, 5.74) is 0. The van der Waals surface area contributed by atoms with Crippen molar-refractivity contribution in [2.24, 2.45) is 17.8 Å². The van der Waals surface area contributed by atoms with Gasteiger partial charge in [0.2, 0.25) is 0 Å². The van der Waals surface area contributed by atoms with Crippen molar-refractivity contribution in [2.75, 3.05) is 13.1 Å². The van der Waals surface area contributed by atoms with Gasteiger partial charge in [0, 0.05) is 19.1 Å². The van der Waals surface area contributed by atoms with Crippen molar-refractivity contribution in [1.82, 2.24) is 10.2 Å². The highest BCUT2D eigenvalue weighted by Gasteiger charge is 2.40. The van der Waals surface area contributed by atoms with E-state index in [-0.39, 0.29) is 18.5 Å². The van der Waals surface area contributed by atoms with Crippen LogP contribution in [0.25, 0.3) is 0 Å². The zero-order valence-electron chi connectivity index (χ0n) is 11.9. The minimum absolute atomic E-state index is 0.0397. The lowest BCUT2D eigenvalue weighted by Gasteiger charge is -2.26. The van der Waals surface area contributed by atoms with Crippen molar-refractivity contribution in [3.63, 3.8) is 0 Å². The number of nitrogens with one attached hydrogen (secondary N) is 1. The molecule has 0 aromatic carbocycles. The van der Waals surface area contributed by atoms with Gasteiger partial charge in [-0.05, 0) is 49.9 Å². The van der Waals surface area contributed by atoms with Gasteiger partial charge in [-0.2, -0.15) is 0 Å². The Labute approximate surface area is 119 Å². The predicted molar refractivity (Wildman–Crippen MR) is 74.3 cm³/mol. The normalized spacial score (nSPS) is 31.3. The molecule has 112 valence electrons. The Morgan fingerprint density at radius 2 is 1.95 bits per heavy atom. The molecule has 0 heterocycles. The first-order valence-electron chi connectivity index (χ1n) is 7.89. The molecular weight excluding hydrogens is 256 g/mol. The van der Waals surface area contributed by atoms with Crippen molar-refractivity contribution < 1.29 is 14.7 Å². The lowest BCUT2D eigenvalue weighted by molar-refractivity contribution is -0.137. The minimum Gasteiger partial charge on any atom is -0.481 e. The first kappa shape index (κ1) is 13.7. The highest BCUT2D eigenvalue weighted by Crippen LogP contribution is 2.47. The maximum absolute atomic E-state index is 12.2. The van der Waals surface area contributed by atoms with Gasteiger partial charge in [-0.15, -0.1) is 0 Å². The molecule has 3 aliphatic rings. The topological polar surface area (TPSA) is 69.6 Å². The molecule has 20 heavy (non-hydrogen) atoms. The molecule has 0 saturated heterocycles. The van der Waals surface area contributed by atoms with E-state index in [1.165, 1.54) is 25.7 Å². The summed E-state index contributed by atoms with van der Waals surface area (Å²) in [5, 5.41) is 11.8. The van der Waals surface area contributed by atoms with E-state index in [9.17, 15) is 9.59 Å². The predicted octanol–water partition coefficient (Wildman–Crippen LogP) is 2.07. The first-order chi connectivity index (χ1) is 9.63. The van der Waals surface area contributed by atoms with Gasteiger partial charge in [0.1, 0.15) is 0 Å². The van der Waals surface area contributed by atoms with Gasteiger partial charge >= 0.3 is 12.0 Å². The van der Waals surface area contributed by atoms with Crippen LogP contribution < -0.4 is 5.32 Å². The molecule has 3 atom stereocenters. The molecule has 2 amide bonds. The van der Waals surface area contributed by atoms with E-state index in [0.717, 1.165) is 31.2 Å². The second kappa shape index (κ2) is 5.62. The average molecular weight is 280 g/mol.